The van der Waals surface area contributed by atoms with Crippen LogP contribution in [0.5, 0.6) is 11.5 Å². The maximum atomic E-state index is 13.2. The Bertz CT molecular complexity index is 1340. The van der Waals surface area contributed by atoms with Gasteiger partial charge in [-0.2, -0.15) is 0 Å². The summed E-state index contributed by atoms with van der Waals surface area (Å²) < 4.78 is 31.1. The summed E-state index contributed by atoms with van der Waals surface area (Å²) in [5.74, 6) is 0.332. The van der Waals surface area contributed by atoms with Crippen molar-refractivity contribution in [3.63, 3.8) is 0 Å². The lowest BCUT2D eigenvalue weighted by Crippen LogP contribution is -2.58. The SMILES string of the molecule is CSc1nc(C)[nH]c(=O)c1CNC(=O)c1cc(Cl)c2c(c1C)OC(C)(C1CCC(N3CC(OC(C)F)C3)CC1)O2. The number of ether oxygens (including phenoxy) is 3. The number of benzene rings is 1. The molecule has 1 saturated heterocycles. The molecular weight excluding hydrogens is 559 g/mol. The lowest BCUT2D eigenvalue weighted by Gasteiger charge is -2.47. The zero-order valence-electron chi connectivity index (χ0n) is 23.4. The molecule has 0 spiro atoms. The number of carbonyl (C=O) groups is 1. The molecule has 1 saturated carbocycles. The van der Waals surface area contributed by atoms with Crippen LogP contribution in [0.1, 0.15) is 66.8 Å². The molecule has 9 nitrogen and oxygen atoms in total. The summed E-state index contributed by atoms with van der Waals surface area (Å²) in [6.45, 7) is 8.45. The van der Waals surface area contributed by atoms with Gasteiger partial charge in [0.2, 0.25) is 0 Å². The Labute approximate surface area is 242 Å². The summed E-state index contributed by atoms with van der Waals surface area (Å²) in [6.07, 6.45) is 4.40. The Morgan fingerprint density at radius 1 is 1.30 bits per heavy atom. The van der Waals surface area contributed by atoms with Crippen LogP contribution in [0.4, 0.5) is 4.39 Å². The quantitative estimate of drug-likeness (QED) is 0.333. The fourth-order valence-electron chi connectivity index (χ4n) is 6.01. The van der Waals surface area contributed by atoms with Crippen LogP contribution in [-0.4, -0.2) is 64.4 Å². The molecule has 2 unspecified atom stereocenters. The zero-order chi connectivity index (χ0) is 28.8. The minimum atomic E-state index is -1.23. The summed E-state index contributed by atoms with van der Waals surface area (Å²) in [5.41, 5.74) is 1.11. The highest BCUT2D eigenvalue weighted by molar-refractivity contribution is 7.98. The van der Waals surface area contributed by atoms with E-state index in [1.165, 1.54) is 18.7 Å². The molecule has 218 valence electrons. The van der Waals surface area contributed by atoms with E-state index in [0.29, 0.717) is 50.1 Å². The standard InChI is InChI=1S/C28H36ClFN4O5S/c1-14-20(25(35)31-11-21-26(36)32-16(3)33-27(21)40-5)10-22(29)24-23(14)38-28(4,39-24)17-6-8-18(9-7-17)34-12-19(13-34)37-15(2)30/h10,15,17-19H,6-9,11-13H2,1-5H3,(H,31,35)(H,32,33,36). The lowest BCUT2D eigenvalue weighted by molar-refractivity contribution is -0.152. The van der Waals surface area contributed by atoms with Gasteiger partial charge in [0.05, 0.1) is 23.2 Å². The third-order valence-corrected chi connectivity index (χ3v) is 9.22. The highest BCUT2D eigenvalue weighted by atomic mass is 35.5. The van der Waals surface area contributed by atoms with Gasteiger partial charge in [0, 0.05) is 43.1 Å². The number of halogens is 2. The molecule has 12 heteroatoms. The van der Waals surface area contributed by atoms with Crippen LogP contribution in [0.25, 0.3) is 0 Å². The number of amides is 1. The molecule has 1 amide bonds. The van der Waals surface area contributed by atoms with Gasteiger partial charge in [-0.25, -0.2) is 9.37 Å². The normalized spacial score (nSPS) is 25.5. The molecule has 5 rings (SSSR count). The average molecular weight is 595 g/mol. The van der Waals surface area contributed by atoms with E-state index >= 15 is 0 Å². The number of rotatable bonds is 8. The molecule has 1 aliphatic carbocycles. The third kappa shape index (κ3) is 5.70. The first-order chi connectivity index (χ1) is 19.0. The van der Waals surface area contributed by atoms with Crippen molar-refractivity contribution in [1.82, 2.24) is 20.2 Å². The number of aromatic amines is 1. The van der Waals surface area contributed by atoms with E-state index in [4.69, 9.17) is 25.8 Å². The molecule has 2 N–H and O–H groups in total. The van der Waals surface area contributed by atoms with Crippen molar-refractivity contribution in [2.24, 2.45) is 5.92 Å². The van der Waals surface area contributed by atoms with E-state index in [2.05, 4.69) is 20.2 Å². The molecule has 2 atom stereocenters. The van der Waals surface area contributed by atoms with Crippen molar-refractivity contribution in [3.8, 4) is 11.5 Å². The van der Waals surface area contributed by atoms with Gasteiger partial charge >= 0.3 is 0 Å². The number of nitrogens with one attached hydrogen (secondary N) is 2. The van der Waals surface area contributed by atoms with Crippen molar-refractivity contribution in [2.45, 2.75) is 89.2 Å². The van der Waals surface area contributed by atoms with Gasteiger partial charge in [-0.05, 0) is 58.8 Å². The van der Waals surface area contributed by atoms with E-state index in [0.717, 1.165) is 38.8 Å². The Kier molecular flexibility index (Phi) is 8.39. The largest absolute Gasteiger partial charge is 0.448 e. The number of thioether (sulfide) groups is 1. The van der Waals surface area contributed by atoms with Gasteiger partial charge in [0.25, 0.3) is 17.3 Å². The monoisotopic (exact) mass is 594 g/mol. The van der Waals surface area contributed by atoms with Crippen LogP contribution in [-0.2, 0) is 11.3 Å². The van der Waals surface area contributed by atoms with E-state index in [-0.39, 0.29) is 30.0 Å². The number of fused-ring (bicyclic) bond motifs is 1. The fourth-order valence-corrected chi connectivity index (χ4v) is 6.88. The van der Waals surface area contributed by atoms with Gasteiger partial charge in [-0.3, -0.25) is 14.5 Å². The van der Waals surface area contributed by atoms with Crippen LogP contribution >= 0.6 is 23.4 Å². The first kappa shape index (κ1) is 29.2. The number of nitrogens with zero attached hydrogens (tertiary/aromatic N) is 2. The lowest BCUT2D eigenvalue weighted by atomic mass is 9.80. The van der Waals surface area contributed by atoms with E-state index in [1.54, 1.807) is 13.0 Å². The van der Waals surface area contributed by atoms with Crippen LogP contribution in [0.2, 0.25) is 5.02 Å². The van der Waals surface area contributed by atoms with Gasteiger partial charge in [-0.1, -0.05) is 11.6 Å². The number of carbonyl (C=O) groups excluding carboxylic acids is 1. The molecule has 2 aromatic rings. The summed E-state index contributed by atoms with van der Waals surface area (Å²) in [5, 5.41) is 3.71. The number of likely N-dealkylation sites (tertiary alicyclic amines) is 1. The first-order valence-electron chi connectivity index (χ1n) is 13.7. The molecule has 2 aliphatic heterocycles. The van der Waals surface area contributed by atoms with Crippen LogP contribution in [0.15, 0.2) is 15.9 Å². The molecule has 3 heterocycles. The van der Waals surface area contributed by atoms with Crippen LogP contribution in [0, 0.1) is 19.8 Å². The minimum absolute atomic E-state index is 0.0235. The van der Waals surface area contributed by atoms with Crippen molar-refractivity contribution in [3.05, 3.63) is 44.0 Å². The molecular formula is C28H36ClFN4O5S. The predicted octanol–water partition coefficient (Wildman–Crippen LogP) is 4.75. The topological polar surface area (TPSA) is 106 Å². The Morgan fingerprint density at radius 3 is 2.62 bits per heavy atom. The molecule has 0 radical (unpaired) electrons. The highest BCUT2D eigenvalue weighted by Gasteiger charge is 2.48. The molecule has 1 aromatic heterocycles. The second kappa shape index (κ2) is 11.5. The van der Waals surface area contributed by atoms with Crippen molar-refractivity contribution < 1.29 is 23.4 Å². The van der Waals surface area contributed by atoms with Gasteiger partial charge in [-0.15, -0.1) is 11.8 Å². The number of hydrogen-bond acceptors (Lipinski definition) is 8. The zero-order valence-corrected chi connectivity index (χ0v) is 25.0. The number of aryl methyl sites for hydroxylation is 1. The number of hydrogen-bond donors (Lipinski definition) is 2. The summed E-state index contributed by atoms with van der Waals surface area (Å²) >= 11 is 7.96. The summed E-state index contributed by atoms with van der Waals surface area (Å²) in [6, 6.07) is 2.03. The van der Waals surface area contributed by atoms with E-state index in [1.807, 2.05) is 20.1 Å². The minimum Gasteiger partial charge on any atom is -0.448 e. The molecule has 0 bridgehead atoms. The Hall–Kier alpha value is -2.34. The first-order valence-corrected chi connectivity index (χ1v) is 15.3. The Balaban J connectivity index is 1.23. The predicted molar refractivity (Wildman–Crippen MR) is 151 cm³/mol. The number of H-pyrrole nitrogens is 1. The van der Waals surface area contributed by atoms with Crippen molar-refractivity contribution in [1.29, 1.82) is 0 Å². The van der Waals surface area contributed by atoms with Gasteiger partial charge < -0.3 is 24.5 Å². The third-order valence-electron chi connectivity index (χ3n) is 8.22. The fraction of sp³-hybridized carbons (Fsp3) is 0.607. The Morgan fingerprint density at radius 2 is 1.98 bits per heavy atom. The maximum Gasteiger partial charge on any atom is 0.257 e. The van der Waals surface area contributed by atoms with E-state index in [9.17, 15) is 14.0 Å². The highest BCUT2D eigenvalue weighted by Crippen LogP contribution is 2.52. The summed E-state index contributed by atoms with van der Waals surface area (Å²) in [4.78, 5) is 35.1. The molecule has 2 fully saturated rings. The molecule has 1 aromatic carbocycles. The number of alkyl halides is 1. The molecule has 40 heavy (non-hydrogen) atoms. The van der Waals surface area contributed by atoms with Crippen LogP contribution < -0.4 is 20.3 Å². The average Bonchev–Trinajstić information content (AvgIpc) is 3.26. The van der Waals surface area contributed by atoms with Crippen molar-refractivity contribution in [2.75, 3.05) is 19.3 Å². The molecule has 3 aliphatic rings. The maximum absolute atomic E-state index is 13.2. The van der Waals surface area contributed by atoms with Gasteiger partial charge in [0.1, 0.15) is 10.9 Å². The number of aromatic nitrogens is 2. The van der Waals surface area contributed by atoms with E-state index < -0.39 is 12.1 Å². The second-order valence-corrected chi connectivity index (χ2v) is 12.2. The second-order valence-electron chi connectivity index (χ2n) is 11.0. The van der Waals surface area contributed by atoms with Crippen LogP contribution in [0.3, 0.4) is 0 Å². The van der Waals surface area contributed by atoms with Gasteiger partial charge in [0.15, 0.2) is 17.9 Å². The summed E-state index contributed by atoms with van der Waals surface area (Å²) in [7, 11) is 0. The smallest absolute Gasteiger partial charge is 0.257 e. The van der Waals surface area contributed by atoms with Crippen molar-refractivity contribution >= 4 is 29.3 Å².